The maximum atomic E-state index is 12.1. The van der Waals surface area contributed by atoms with Gasteiger partial charge in [0, 0.05) is 20.2 Å². The van der Waals surface area contributed by atoms with Crippen LogP contribution in [0.4, 0.5) is 0 Å². The van der Waals surface area contributed by atoms with E-state index in [9.17, 15) is 14.7 Å². The van der Waals surface area contributed by atoms with Crippen LogP contribution in [0, 0.1) is 0 Å². The van der Waals surface area contributed by atoms with Crippen molar-refractivity contribution in [1.29, 1.82) is 0 Å². The van der Waals surface area contributed by atoms with Gasteiger partial charge in [0.2, 0.25) is 5.78 Å². The predicted octanol–water partition coefficient (Wildman–Crippen LogP) is 1.87. The van der Waals surface area contributed by atoms with Crippen LogP contribution < -0.4 is 0 Å². The Kier molecular flexibility index (Phi) is 2.67. The van der Waals surface area contributed by atoms with Gasteiger partial charge in [-0.15, -0.1) is 0 Å². The smallest absolute Gasteiger partial charge is 0.211 e. The van der Waals surface area contributed by atoms with E-state index < -0.39 is 5.78 Å². The second-order valence-corrected chi connectivity index (χ2v) is 4.34. The van der Waals surface area contributed by atoms with E-state index in [1.165, 1.54) is 18.2 Å². The number of hydrogen-bond donors (Lipinski definition) is 1. The highest BCUT2D eigenvalue weighted by Gasteiger charge is 2.31. The van der Waals surface area contributed by atoms with Gasteiger partial charge in [-0.05, 0) is 12.1 Å². The summed E-state index contributed by atoms with van der Waals surface area (Å²) in [4.78, 5) is 25.5. The number of fused-ring (bicyclic) bond motifs is 1. The van der Waals surface area contributed by atoms with Crippen LogP contribution in [-0.4, -0.2) is 35.7 Å². The molecule has 17 heavy (non-hydrogen) atoms. The Labute approximate surface area is 103 Å². The van der Waals surface area contributed by atoms with Gasteiger partial charge in [-0.3, -0.25) is 9.59 Å². The zero-order valence-electron chi connectivity index (χ0n) is 9.32. The van der Waals surface area contributed by atoms with Crippen LogP contribution in [-0.2, 0) is 0 Å². The van der Waals surface area contributed by atoms with Crippen LogP contribution in [0.2, 0.25) is 5.02 Å². The third kappa shape index (κ3) is 1.70. The van der Waals surface area contributed by atoms with E-state index in [1.54, 1.807) is 19.0 Å². The van der Waals surface area contributed by atoms with Crippen molar-refractivity contribution in [3.63, 3.8) is 0 Å². The number of halogens is 1. The molecule has 0 saturated carbocycles. The van der Waals surface area contributed by atoms with Crippen LogP contribution in [0.3, 0.4) is 0 Å². The van der Waals surface area contributed by atoms with Gasteiger partial charge >= 0.3 is 0 Å². The first-order chi connectivity index (χ1) is 7.93. The van der Waals surface area contributed by atoms with Crippen molar-refractivity contribution in [2.75, 3.05) is 14.1 Å². The number of carbonyl (C=O) groups is 2. The average molecular weight is 252 g/mol. The second kappa shape index (κ2) is 3.89. The Morgan fingerprint density at radius 1 is 1.18 bits per heavy atom. The average Bonchev–Trinajstić information content (AvgIpc) is 2.26. The predicted molar refractivity (Wildman–Crippen MR) is 63.5 cm³/mol. The van der Waals surface area contributed by atoms with E-state index in [4.69, 9.17) is 11.6 Å². The molecule has 0 spiro atoms. The molecule has 0 aliphatic heterocycles. The number of hydrogen-bond acceptors (Lipinski definition) is 4. The van der Waals surface area contributed by atoms with Crippen molar-refractivity contribution in [2.24, 2.45) is 0 Å². The molecule has 0 radical (unpaired) electrons. The molecule has 5 heteroatoms. The molecule has 4 nitrogen and oxygen atoms in total. The van der Waals surface area contributed by atoms with Crippen molar-refractivity contribution in [1.82, 2.24) is 4.90 Å². The van der Waals surface area contributed by atoms with Gasteiger partial charge in [-0.1, -0.05) is 11.6 Å². The van der Waals surface area contributed by atoms with Gasteiger partial charge in [-0.2, -0.15) is 0 Å². The summed E-state index contributed by atoms with van der Waals surface area (Å²) in [7, 11) is 3.33. The maximum Gasteiger partial charge on any atom is 0.211 e. The zero-order valence-corrected chi connectivity index (χ0v) is 10.1. The summed E-state index contributed by atoms with van der Waals surface area (Å²) in [6, 6.07) is 2.71. The summed E-state index contributed by atoms with van der Waals surface area (Å²) in [5, 5.41) is 9.79. The molecule has 1 aliphatic carbocycles. The third-order valence-electron chi connectivity index (χ3n) is 2.59. The lowest BCUT2D eigenvalue weighted by Gasteiger charge is -2.21. The molecule has 1 aromatic rings. The van der Waals surface area contributed by atoms with E-state index in [0.717, 1.165) is 0 Å². The zero-order chi connectivity index (χ0) is 12.7. The first kappa shape index (κ1) is 11.7. The SMILES string of the molecule is CN(C)C1=CC(=O)c2c(O)ccc(Cl)c2C1=O. The first-order valence-electron chi connectivity index (χ1n) is 4.93. The fraction of sp³-hybridized carbons (Fsp3) is 0.167. The Morgan fingerprint density at radius 3 is 2.41 bits per heavy atom. The Hall–Kier alpha value is -1.81. The minimum Gasteiger partial charge on any atom is -0.507 e. The molecule has 1 N–H and O–H groups in total. The highest BCUT2D eigenvalue weighted by Crippen LogP contribution is 2.33. The van der Waals surface area contributed by atoms with Gasteiger partial charge in [0.25, 0.3) is 0 Å². The molecule has 0 amide bonds. The van der Waals surface area contributed by atoms with Crippen molar-refractivity contribution in [3.8, 4) is 5.75 Å². The summed E-state index contributed by atoms with van der Waals surface area (Å²) >= 11 is 5.91. The molecule has 0 atom stereocenters. The van der Waals surface area contributed by atoms with Gasteiger partial charge in [-0.25, -0.2) is 0 Å². The van der Waals surface area contributed by atoms with Crippen LogP contribution in [0.1, 0.15) is 20.7 Å². The summed E-state index contributed by atoms with van der Waals surface area (Å²) in [6.07, 6.45) is 1.21. The van der Waals surface area contributed by atoms with Gasteiger partial charge in [0.05, 0.1) is 21.8 Å². The number of aromatic hydroxyl groups is 1. The molecule has 0 fully saturated rings. The third-order valence-corrected chi connectivity index (χ3v) is 2.90. The topological polar surface area (TPSA) is 57.6 Å². The quantitative estimate of drug-likeness (QED) is 0.828. The lowest BCUT2D eigenvalue weighted by molar-refractivity contribution is 0.0960. The number of benzene rings is 1. The van der Waals surface area contributed by atoms with Crippen LogP contribution in [0.15, 0.2) is 23.9 Å². The van der Waals surface area contributed by atoms with Crippen molar-refractivity contribution < 1.29 is 14.7 Å². The molecule has 1 aromatic carbocycles. The molecule has 88 valence electrons. The van der Waals surface area contributed by atoms with Crippen LogP contribution in [0.5, 0.6) is 5.75 Å². The minimum atomic E-state index is -0.414. The highest BCUT2D eigenvalue weighted by molar-refractivity contribution is 6.38. The number of likely N-dealkylation sites (N-methyl/N-ethyl adjacent to an activating group) is 1. The van der Waals surface area contributed by atoms with Crippen molar-refractivity contribution in [2.45, 2.75) is 0 Å². The van der Waals surface area contributed by atoms with Crippen LogP contribution in [0.25, 0.3) is 0 Å². The second-order valence-electron chi connectivity index (χ2n) is 3.93. The minimum absolute atomic E-state index is 0.0203. The Bertz CT molecular complexity index is 561. The fourth-order valence-corrected chi connectivity index (χ4v) is 2.00. The van der Waals surface area contributed by atoms with Crippen molar-refractivity contribution in [3.05, 3.63) is 40.1 Å². The molecule has 0 heterocycles. The fourth-order valence-electron chi connectivity index (χ4n) is 1.76. The van der Waals surface area contributed by atoms with E-state index in [0.29, 0.717) is 0 Å². The van der Waals surface area contributed by atoms with E-state index >= 15 is 0 Å². The highest BCUT2D eigenvalue weighted by atomic mass is 35.5. The molecule has 0 bridgehead atoms. The molecule has 1 aliphatic rings. The van der Waals surface area contributed by atoms with E-state index in [2.05, 4.69) is 0 Å². The van der Waals surface area contributed by atoms with Gasteiger partial charge in [0.15, 0.2) is 5.78 Å². The lowest BCUT2D eigenvalue weighted by atomic mass is 9.91. The van der Waals surface area contributed by atoms with Crippen LogP contribution >= 0.6 is 11.6 Å². The molecule has 2 rings (SSSR count). The molecular weight excluding hydrogens is 242 g/mol. The first-order valence-corrected chi connectivity index (χ1v) is 5.30. The summed E-state index contributed by atoms with van der Waals surface area (Å²) < 4.78 is 0. The summed E-state index contributed by atoms with van der Waals surface area (Å²) in [5.74, 6) is -0.995. The van der Waals surface area contributed by atoms with E-state index in [-0.39, 0.29) is 33.4 Å². The number of rotatable bonds is 1. The van der Waals surface area contributed by atoms with Gasteiger partial charge < -0.3 is 10.0 Å². The number of carbonyl (C=O) groups excluding carboxylic acids is 2. The molecular formula is C12H10ClNO3. The molecule has 0 aromatic heterocycles. The number of nitrogens with zero attached hydrogens (tertiary/aromatic N) is 1. The largest absolute Gasteiger partial charge is 0.507 e. The lowest BCUT2D eigenvalue weighted by Crippen LogP contribution is -2.26. The van der Waals surface area contributed by atoms with Crippen molar-refractivity contribution >= 4 is 23.2 Å². The molecule has 0 unspecified atom stereocenters. The maximum absolute atomic E-state index is 12.1. The standard InChI is InChI=1S/C12H10ClNO3/c1-14(2)7-5-9(16)11-8(15)4-3-6(13)10(11)12(7)17/h3-5,15H,1-2H3. The number of ketones is 2. The molecule has 0 saturated heterocycles. The number of phenolic OH excluding ortho intramolecular Hbond substituents is 1. The summed E-state index contributed by atoms with van der Waals surface area (Å²) in [5.41, 5.74) is 0.311. The number of Topliss-reactive ketones (excluding diaryl/α,β-unsaturated/α-hetero) is 1. The Morgan fingerprint density at radius 2 is 1.82 bits per heavy atom. The van der Waals surface area contributed by atoms with Gasteiger partial charge in [0.1, 0.15) is 5.75 Å². The van der Waals surface area contributed by atoms with E-state index in [1.807, 2.05) is 0 Å². The summed E-state index contributed by atoms with van der Waals surface area (Å²) in [6.45, 7) is 0. The number of phenols is 1. The number of allylic oxidation sites excluding steroid dienone is 2. The monoisotopic (exact) mass is 251 g/mol. The Balaban J connectivity index is 2.73. The normalized spacial score (nSPS) is 14.4.